The number of para-hydroxylation sites is 1. The molecular weight excluding hydrogens is 170 g/mol. The normalized spacial score (nSPS) is 20.8. The monoisotopic (exact) mass is 177 g/mol. The van der Waals surface area contributed by atoms with Gasteiger partial charge in [0.2, 0.25) is 5.78 Å². The first kappa shape index (κ1) is 7.94. The number of Topliss-reactive ketones (excluding diaryl/α,β-unsaturated/α-hetero) is 1. The van der Waals surface area contributed by atoms with Crippen LogP contribution in [0.25, 0.3) is 0 Å². The molecule has 1 unspecified atom stereocenters. The molecule has 0 aromatic heterocycles. The number of amides is 1. The zero-order chi connectivity index (χ0) is 9.42. The van der Waals surface area contributed by atoms with Crippen LogP contribution in [0.2, 0.25) is 0 Å². The van der Waals surface area contributed by atoms with Gasteiger partial charge in [-0.15, -0.1) is 0 Å². The van der Waals surface area contributed by atoms with E-state index in [9.17, 15) is 9.59 Å². The number of hydrogen-bond donors (Lipinski definition) is 2. The third-order valence-corrected chi connectivity index (χ3v) is 1.95. The third kappa shape index (κ3) is 1.11. The number of anilines is 1. The molecule has 1 atom stereocenters. The molecular formula is C9H7NO3. The fourth-order valence-corrected chi connectivity index (χ4v) is 1.27. The first-order valence-electron chi connectivity index (χ1n) is 3.82. The summed E-state index contributed by atoms with van der Waals surface area (Å²) in [5, 5.41) is 11.6. The molecule has 66 valence electrons. The van der Waals surface area contributed by atoms with Crippen molar-refractivity contribution in [2.24, 2.45) is 0 Å². The van der Waals surface area contributed by atoms with Crippen LogP contribution in [0.1, 0.15) is 10.4 Å². The molecule has 0 saturated carbocycles. The number of hydrogen-bond acceptors (Lipinski definition) is 3. The van der Waals surface area contributed by atoms with Gasteiger partial charge in [0, 0.05) is 5.56 Å². The van der Waals surface area contributed by atoms with Crippen LogP contribution in [0, 0.1) is 0 Å². The molecule has 1 aliphatic heterocycles. The summed E-state index contributed by atoms with van der Waals surface area (Å²) in [6, 6.07) is 6.59. The van der Waals surface area contributed by atoms with E-state index in [1.54, 1.807) is 24.3 Å². The number of rotatable bonds is 0. The van der Waals surface area contributed by atoms with Gasteiger partial charge >= 0.3 is 0 Å². The average molecular weight is 177 g/mol. The lowest BCUT2D eigenvalue weighted by Crippen LogP contribution is -2.39. The van der Waals surface area contributed by atoms with Gasteiger partial charge in [-0.2, -0.15) is 0 Å². The topological polar surface area (TPSA) is 66.4 Å². The summed E-state index contributed by atoms with van der Waals surface area (Å²) in [5.41, 5.74) is 0.817. The minimum absolute atomic E-state index is 0.356. The molecule has 1 amide bonds. The SMILES string of the molecule is O=C1Nc2ccccc2C(=O)C1O. The molecule has 0 aliphatic carbocycles. The Balaban J connectivity index is 2.55. The number of carbonyl (C=O) groups excluding carboxylic acids is 2. The highest BCUT2D eigenvalue weighted by Crippen LogP contribution is 2.21. The molecule has 1 heterocycles. The van der Waals surface area contributed by atoms with Gasteiger partial charge in [-0.3, -0.25) is 9.59 Å². The fraction of sp³-hybridized carbons (Fsp3) is 0.111. The van der Waals surface area contributed by atoms with E-state index in [0.29, 0.717) is 11.3 Å². The number of aliphatic hydroxyl groups is 1. The first-order chi connectivity index (χ1) is 6.20. The van der Waals surface area contributed by atoms with Gasteiger partial charge in [-0.1, -0.05) is 12.1 Å². The lowest BCUT2D eigenvalue weighted by molar-refractivity contribution is -0.122. The molecule has 0 spiro atoms. The molecule has 0 saturated heterocycles. The Hall–Kier alpha value is -1.68. The Morgan fingerprint density at radius 3 is 2.69 bits per heavy atom. The van der Waals surface area contributed by atoms with Gasteiger partial charge in [0.05, 0.1) is 5.69 Å². The second-order valence-corrected chi connectivity index (χ2v) is 2.80. The van der Waals surface area contributed by atoms with Crippen LogP contribution in [-0.4, -0.2) is 22.9 Å². The van der Waals surface area contributed by atoms with Crippen molar-refractivity contribution in [3.05, 3.63) is 29.8 Å². The number of fused-ring (bicyclic) bond motifs is 1. The molecule has 4 heteroatoms. The summed E-state index contributed by atoms with van der Waals surface area (Å²) in [7, 11) is 0. The van der Waals surface area contributed by atoms with E-state index >= 15 is 0 Å². The van der Waals surface area contributed by atoms with E-state index in [0.717, 1.165) is 0 Å². The Morgan fingerprint density at radius 1 is 1.23 bits per heavy atom. The van der Waals surface area contributed by atoms with Crippen molar-refractivity contribution >= 4 is 17.4 Å². The van der Waals surface area contributed by atoms with Crippen LogP contribution in [-0.2, 0) is 4.79 Å². The molecule has 2 N–H and O–H groups in total. The lowest BCUT2D eigenvalue weighted by Gasteiger charge is -2.19. The summed E-state index contributed by atoms with van der Waals surface area (Å²) in [6.07, 6.45) is -1.56. The van der Waals surface area contributed by atoms with E-state index in [1.807, 2.05) is 0 Å². The predicted molar refractivity (Wildman–Crippen MR) is 45.4 cm³/mol. The van der Waals surface area contributed by atoms with Gasteiger partial charge in [0.1, 0.15) is 0 Å². The van der Waals surface area contributed by atoms with Crippen molar-refractivity contribution < 1.29 is 14.7 Å². The second kappa shape index (κ2) is 2.67. The lowest BCUT2D eigenvalue weighted by atomic mass is 10.00. The van der Waals surface area contributed by atoms with Gasteiger partial charge in [-0.25, -0.2) is 0 Å². The minimum Gasteiger partial charge on any atom is -0.376 e. The zero-order valence-corrected chi connectivity index (χ0v) is 6.65. The molecule has 13 heavy (non-hydrogen) atoms. The summed E-state index contributed by atoms with van der Waals surface area (Å²) >= 11 is 0. The average Bonchev–Trinajstić information content (AvgIpc) is 2.15. The number of aliphatic hydroxyl groups excluding tert-OH is 1. The number of ketones is 1. The van der Waals surface area contributed by atoms with E-state index < -0.39 is 17.8 Å². The van der Waals surface area contributed by atoms with Crippen LogP contribution in [0.4, 0.5) is 5.69 Å². The Kier molecular flexibility index (Phi) is 1.63. The summed E-state index contributed by atoms with van der Waals surface area (Å²) in [5.74, 6) is -1.21. The van der Waals surface area contributed by atoms with Crippen molar-refractivity contribution in [1.29, 1.82) is 0 Å². The summed E-state index contributed by atoms with van der Waals surface area (Å²) in [6.45, 7) is 0. The van der Waals surface area contributed by atoms with Crippen molar-refractivity contribution in [1.82, 2.24) is 0 Å². The number of nitrogens with one attached hydrogen (secondary N) is 1. The largest absolute Gasteiger partial charge is 0.376 e. The van der Waals surface area contributed by atoms with E-state index in [2.05, 4.69) is 5.32 Å². The van der Waals surface area contributed by atoms with E-state index in [1.165, 1.54) is 0 Å². The van der Waals surface area contributed by atoms with Crippen LogP contribution < -0.4 is 5.32 Å². The molecule has 1 aromatic carbocycles. The van der Waals surface area contributed by atoms with Crippen molar-refractivity contribution in [2.75, 3.05) is 5.32 Å². The Labute approximate surface area is 74.2 Å². The number of benzene rings is 1. The molecule has 4 nitrogen and oxygen atoms in total. The standard InChI is InChI=1S/C9H7NO3/c11-7-5-3-1-2-4-6(5)10-9(13)8(7)12/h1-4,8,12H,(H,10,13). The first-order valence-corrected chi connectivity index (χ1v) is 3.82. The highest BCUT2D eigenvalue weighted by molar-refractivity contribution is 6.22. The quantitative estimate of drug-likeness (QED) is 0.555. The minimum atomic E-state index is -1.56. The summed E-state index contributed by atoms with van der Waals surface area (Å²) < 4.78 is 0. The predicted octanol–water partition coefficient (Wildman–Crippen LogP) is 0.182. The van der Waals surface area contributed by atoms with Crippen LogP contribution in [0.3, 0.4) is 0 Å². The number of carbonyl (C=O) groups is 2. The van der Waals surface area contributed by atoms with E-state index in [-0.39, 0.29) is 0 Å². The van der Waals surface area contributed by atoms with Crippen molar-refractivity contribution in [2.45, 2.75) is 6.10 Å². The zero-order valence-electron chi connectivity index (χ0n) is 6.65. The highest BCUT2D eigenvalue weighted by Gasteiger charge is 2.31. The van der Waals surface area contributed by atoms with Gasteiger partial charge < -0.3 is 10.4 Å². The highest BCUT2D eigenvalue weighted by atomic mass is 16.3. The maximum atomic E-state index is 11.3. The Bertz CT molecular complexity index is 386. The molecule has 1 aliphatic rings. The van der Waals surface area contributed by atoms with Gasteiger partial charge in [-0.05, 0) is 12.1 Å². The van der Waals surface area contributed by atoms with Crippen molar-refractivity contribution in [3.8, 4) is 0 Å². The second-order valence-electron chi connectivity index (χ2n) is 2.80. The fourth-order valence-electron chi connectivity index (χ4n) is 1.27. The van der Waals surface area contributed by atoms with Crippen LogP contribution in [0.15, 0.2) is 24.3 Å². The van der Waals surface area contributed by atoms with Gasteiger partial charge in [0.15, 0.2) is 6.10 Å². The summed E-state index contributed by atoms with van der Waals surface area (Å²) in [4.78, 5) is 22.3. The molecule has 0 bridgehead atoms. The van der Waals surface area contributed by atoms with E-state index in [4.69, 9.17) is 5.11 Å². The molecule has 2 rings (SSSR count). The molecule has 1 aromatic rings. The third-order valence-electron chi connectivity index (χ3n) is 1.95. The maximum Gasteiger partial charge on any atom is 0.261 e. The van der Waals surface area contributed by atoms with Crippen LogP contribution in [0.5, 0.6) is 0 Å². The maximum absolute atomic E-state index is 11.3. The Morgan fingerprint density at radius 2 is 1.92 bits per heavy atom. The van der Waals surface area contributed by atoms with Gasteiger partial charge in [0.25, 0.3) is 5.91 Å². The molecule has 0 radical (unpaired) electrons. The van der Waals surface area contributed by atoms with Crippen molar-refractivity contribution in [3.63, 3.8) is 0 Å². The van der Waals surface area contributed by atoms with Crippen LogP contribution >= 0.6 is 0 Å². The molecule has 0 fully saturated rings. The smallest absolute Gasteiger partial charge is 0.261 e.